The first-order valence-electron chi connectivity index (χ1n) is 6.19. The first kappa shape index (κ1) is 17.8. The summed E-state index contributed by atoms with van der Waals surface area (Å²) in [6.07, 6.45) is 0. The van der Waals surface area contributed by atoms with E-state index in [4.69, 9.17) is 0 Å². The number of rotatable bonds is 8. The van der Waals surface area contributed by atoms with Crippen LogP contribution in [-0.2, 0) is 25.2 Å². The van der Waals surface area contributed by atoms with Crippen LogP contribution >= 0.6 is 0 Å². The minimum absolute atomic E-state index is 0.0294. The van der Waals surface area contributed by atoms with Crippen LogP contribution in [-0.4, -0.2) is 45.9 Å². The summed E-state index contributed by atoms with van der Waals surface area (Å²) in [5.74, 6) is -1.46. The summed E-state index contributed by atoms with van der Waals surface area (Å²) in [5, 5.41) is 5.05. The van der Waals surface area contributed by atoms with E-state index in [0.29, 0.717) is 6.54 Å². The summed E-state index contributed by atoms with van der Waals surface area (Å²) in [6.45, 7) is 7.25. The van der Waals surface area contributed by atoms with Crippen molar-refractivity contribution in [2.75, 3.05) is 18.1 Å². The molecular formula is C12H22N2O4S. The van der Waals surface area contributed by atoms with Gasteiger partial charge in [0.1, 0.15) is 11.5 Å². The number of amides is 2. The monoisotopic (exact) mass is 290 g/mol. The van der Waals surface area contributed by atoms with Crippen molar-refractivity contribution in [2.24, 2.45) is 5.92 Å². The lowest BCUT2D eigenvalue weighted by atomic mass is 10.0. The van der Waals surface area contributed by atoms with E-state index < -0.39 is 22.7 Å². The third-order valence-electron chi connectivity index (χ3n) is 2.38. The number of carbonyl (C=O) groups is 3. The Balaban J connectivity index is 4.26. The molecule has 0 rings (SSSR count). The Morgan fingerprint density at radius 2 is 1.63 bits per heavy atom. The molecule has 0 aliphatic heterocycles. The van der Waals surface area contributed by atoms with Crippen molar-refractivity contribution in [3.63, 3.8) is 0 Å². The fourth-order valence-corrected chi connectivity index (χ4v) is 2.42. The first-order valence-corrected chi connectivity index (χ1v) is 7.68. The Morgan fingerprint density at radius 1 is 1.11 bits per heavy atom. The van der Waals surface area contributed by atoms with Gasteiger partial charge in [0.2, 0.25) is 11.8 Å². The standard InChI is InChI=1S/C12H22N2O4S/c1-5-13-10(16)6-19(18)7-11(17)14-12(8(2)3)9(4)15/h8,12H,5-7H2,1-4H3,(H,13,16)(H,14,17). The molecule has 0 saturated carbocycles. The molecule has 0 aliphatic rings. The Bertz CT molecular complexity index is 369. The van der Waals surface area contributed by atoms with Crippen LogP contribution in [0, 0.1) is 5.92 Å². The summed E-state index contributed by atoms with van der Waals surface area (Å²) in [6, 6.07) is -0.575. The van der Waals surface area contributed by atoms with Crippen molar-refractivity contribution in [2.45, 2.75) is 33.7 Å². The van der Waals surface area contributed by atoms with Crippen molar-refractivity contribution in [3.8, 4) is 0 Å². The Hall–Kier alpha value is -1.24. The third kappa shape index (κ3) is 7.71. The minimum Gasteiger partial charge on any atom is -0.356 e. The molecule has 0 heterocycles. The van der Waals surface area contributed by atoms with Gasteiger partial charge in [0.15, 0.2) is 5.78 Å². The van der Waals surface area contributed by atoms with Crippen LogP contribution in [0.15, 0.2) is 0 Å². The molecule has 0 aromatic carbocycles. The molecule has 0 aliphatic carbocycles. The summed E-state index contributed by atoms with van der Waals surface area (Å²) < 4.78 is 11.6. The topological polar surface area (TPSA) is 92.3 Å². The van der Waals surface area contributed by atoms with Gasteiger partial charge in [-0.05, 0) is 19.8 Å². The zero-order valence-electron chi connectivity index (χ0n) is 11.8. The predicted molar refractivity (Wildman–Crippen MR) is 74.0 cm³/mol. The van der Waals surface area contributed by atoms with Crippen molar-refractivity contribution in [1.29, 1.82) is 0 Å². The third-order valence-corrected chi connectivity index (χ3v) is 3.55. The molecule has 0 fully saturated rings. The van der Waals surface area contributed by atoms with E-state index in [1.165, 1.54) is 6.92 Å². The average molecular weight is 290 g/mol. The fourth-order valence-electron chi connectivity index (χ4n) is 1.54. The molecule has 6 nitrogen and oxygen atoms in total. The van der Waals surface area contributed by atoms with Gasteiger partial charge in [-0.1, -0.05) is 13.8 Å². The van der Waals surface area contributed by atoms with E-state index in [0.717, 1.165) is 0 Å². The molecule has 7 heteroatoms. The molecule has 0 aromatic heterocycles. The van der Waals surface area contributed by atoms with Crippen LogP contribution in [0.1, 0.15) is 27.7 Å². The summed E-state index contributed by atoms with van der Waals surface area (Å²) in [5.41, 5.74) is 0. The van der Waals surface area contributed by atoms with E-state index in [1.54, 1.807) is 6.92 Å². The highest BCUT2D eigenvalue weighted by atomic mass is 32.2. The maximum Gasteiger partial charge on any atom is 0.233 e. The molecule has 110 valence electrons. The fraction of sp³-hybridized carbons (Fsp3) is 0.750. The number of Topliss-reactive ketones (excluding diaryl/α,β-unsaturated/α-hetero) is 1. The van der Waals surface area contributed by atoms with Crippen molar-refractivity contribution >= 4 is 28.4 Å². The van der Waals surface area contributed by atoms with E-state index in [9.17, 15) is 18.6 Å². The molecular weight excluding hydrogens is 268 g/mol. The molecule has 2 N–H and O–H groups in total. The van der Waals surface area contributed by atoms with Gasteiger partial charge in [-0.15, -0.1) is 0 Å². The minimum atomic E-state index is -1.56. The van der Waals surface area contributed by atoms with Crippen LogP contribution in [0.3, 0.4) is 0 Å². The molecule has 0 radical (unpaired) electrons. The molecule has 19 heavy (non-hydrogen) atoms. The number of carbonyl (C=O) groups excluding carboxylic acids is 3. The van der Waals surface area contributed by atoms with Crippen molar-refractivity contribution in [3.05, 3.63) is 0 Å². The van der Waals surface area contributed by atoms with E-state index in [2.05, 4.69) is 10.6 Å². The second-order valence-corrected chi connectivity index (χ2v) is 6.04. The SMILES string of the molecule is CCNC(=O)CS(=O)CC(=O)NC(C(C)=O)C(C)C. The van der Waals surface area contributed by atoms with Crippen LogP contribution < -0.4 is 10.6 Å². The van der Waals surface area contributed by atoms with Gasteiger partial charge in [0.25, 0.3) is 0 Å². The van der Waals surface area contributed by atoms with Gasteiger partial charge in [-0.3, -0.25) is 18.6 Å². The Labute approximate surface area is 116 Å². The lowest BCUT2D eigenvalue weighted by molar-refractivity contribution is -0.126. The van der Waals surface area contributed by atoms with Gasteiger partial charge in [-0.25, -0.2) is 0 Å². The van der Waals surface area contributed by atoms with Crippen LogP contribution in [0.2, 0.25) is 0 Å². The van der Waals surface area contributed by atoms with Crippen LogP contribution in [0.4, 0.5) is 0 Å². The maximum absolute atomic E-state index is 11.6. The number of hydrogen-bond donors (Lipinski definition) is 2. The second-order valence-electron chi connectivity index (χ2n) is 4.58. The van der Waals surface area contributed by atoms with Crippen molar-refractivity contribution < 1.29 is 18.6 Å². The maximum atomic E-state index is 11.6. The second kappa shape index (κ2) is 8.79. The van der Waals surface area contributed by atoms with Gasteiger partial charge < -0.3 is 10.6 Å². The molecule has 0 bridgehead atoms. The van der Waals surface area contributed by atoms with Gasteiger partial charge in [0, 0.05) is 17.3 Å². The lowest BCUT2D eigenvalue weighted by Crippen LogP contribution is -2.45. The molecule has 2 amide bonds. The Morgan fingerprint density at radius 3 is 2.05 bits per heavy atom. The molecule has 0 aromatic rings. The highest BCUT2D eigenvalue weighted by Gasteiger charge is 2.21. The zero-order valence-corrected chi connectivity index (χ0v) is 12.6. The number of ketones is 1. The summed E-state index contributed by atoms with van der Waals surface area (Å²) >= 11 is 0. The van der Waals surface area contributed by atoms with Crippen LogP contribution in [0.25, 0.3) is 0 Å². The van der Waals surface area contributed by atoms with E-state index in [1.807, 2.05) is 13.8 Å². The van der Waals surface area contributed by atoms with Gasteiger partial charge in [-0.2, -0.15) is 0 Å². The number of hydrogen-bond acceptors (Lipinski definition) is 4. The molecule has 0 spiro atoms. The quantitative estimate of drug-likeness (QED) is 0.636. The zero-order chi connectivity index (χ0) is 15.0. The number of nitrogens with one attached hydrogen (secondary N) is 2. The normalized spacial score (nSPS) is 13.7. The molecule has 0 saturated heterocycles. The Kier molecular flexibility index (Phi) is 8.22. The van der Waals surface area contributed by atoms with Gasteiger partial charge in [0.05, 0.1) is 6.04 Å². The predicted octanol–water partition coefficient (Wildman–Crippen LogP) is -0.399. The first-order chi connectivity index (χ1) is 8.77. The summed E-state index contributed by atoms with van der Waals surface area (Å²) in [7, 11) is -1.56. The van der Waals surface area contributed by atoms with Crippen LogP contribution in [0.5, 0.6) is 0 Å². The van der Waals surface area contributed by atoms with E-state index >= 15 is 0 Å². The van der Waals surface area contributed by atoms with E-state index in [-0.39, 0.29) is 29.1 Å². The summed E-state index contributed by atoms with van der Waals surface area (Å²) in [4.78, 5) is 34.1. The van der Waals surface area contributed by atoms with Gasteiger partial charge >= 0.3 is 0 Å². The molecule has 2 unspecified atom stereocenters. The lowest BCUT2D eigenvalue weighted by Gasteiger charge is -2.19. The highest BCUT2D eigenvalue weighted by molar-refractivity contribution is 7.86. The largest absolute Gasteiger partial charge is 0.356 e. The van der Waals surface area contributed by atoms with Crippen molar-refractivity contribution in [1.82, 2.24) is 10.6 Å². The average Bonchev–Trinajstić information content (AvgIpc) is 2.24. The smallest absolute Gasteiger partial charge is 0.233 e. The molecule has 2 atom stereocenters. The highest BCUT2D eigenvalue weighted by Crippen LogP contribution is 2.02.